The quantitative estimate of drug-likeness (QED) is 0.286. The average Bonchev–Trinajstić information content (AvgIpc) is 2.63. The van der Waals surface area contributed by atoms with Crippen LogP contribution in [0.2, 0.25) is 0 Å². The summed E-state index contributed by atoms with van der Waals surface area (Å²) in [7, 11) is 0. The monoisotopic (exact) mass is 383 g/mol. The predicted octanol–water partition coefficient (Wildman–Crippen LogP) is 0.401. The van der Waals surface area contributed by atoms with E-state index in [4.69, 9.17) is 16.0 Å². The highest BCUT2D eigenvalue weighted by Gasteiger charge is 2.33. The summed E-state index contributed by atoms with van der Waals surface area (Å²) < 4.78 is 0. The molecule has 1 fully saturated rings. The lowest BCUT2D eigenvalue weighted by atomic mass is 9.76. The Balaban J connectivity index is 1.97. The third-order valence-corrected chi connectivity index (χ3v) is 4.58. The lowest BCUT2D eigenvalue weighted by molar-refractivity contribution is -0.132. The van der Waals surface area contributed by atoms with E-state index in [2.05, 4.69) is 29.0 Å². The summed E-state index contributed by atoms with van der Waals surface area (Å²) in [5.41, 5.74) is 7.38. The fourth-order valence-electron chi connectivity index (χ4n) is 2.82. The van der Waals surface area contributed by atoms with E-state index < -0.39 is 23.4 Å². The van der Waals surface area contributed by atoms with Gasteiger partial charge in [-0.1, -0.05) is 11.8 Å². The van der Waals surface area contributed by atoms with Crippen LogP contribution in [0.15, 0.2) is 24.3 Å². The summed E-state index contributed by atoms with van der Waals surface area (Å²) in [6.45, 7) is 3.36. The SMILES string of the molecule is CC(C)(N)[C@H](NC(=O)c1ccc(C#CC#CC2CC(CO)C2)cc1)C(=O)NO. The standard InChI is InChI=1S/C21H25N3O4/c1-21(2,22)18(20(27)24-28)23-19(26)17-9-7-14(8-10-17)5-3-4-6-15-11-16(12-15)13-25/h7-10,15-16,18,25,28H,11-13,22H2,1-2H3,(H,23,26)(H,24,27)/t15?,16?,18-/m1/s1. The molecule has 0 spiro atoms. The molecule has 0 saturated heterocycles. The van der Waals surface area contributed by atoms with Crippen molar-refractivity contribution in [3.63, 3.8) is 0 Å². The highest BCUT2D eigenvalue weighted by Crippen LogP contribution is 2.32. The van der Waals surface area contributed by atoms with Crippen molar-refractivity contribution < 1.29 is 19.9 Å². The highest BCUT2D eigenvalue weighted by molar-refractivity contribution is 5.97. The van der Waals surface area contributed by atoms with Crippen LogP contribution in [-0.4, -0.2) is 40.3 Å². The zero-order valence-corrected chi connectivity index (χ0v) is 16.0. The summed E-state index contributed by atoms with van der Waals surface area (Å²) in [4.78, 5) is 24.1. The van der Waals surface area contributed by atoms with E-state index in [1.807, 2.05) is 0 Å². The molecule has 0 aliphatic heterocycles. The number of hydroxylamine groups is 1. The molecule has 6 N–H and O–H groups in total. The smallest absolute Gasteiger partial charge is 0.267 e. The van der Waals surface area contributed by atoms with Gasteiger partial charge in [-0.2, -0.15) is 0 Å². The molecule has 1 aromatic rings. The third kappa shape index (κ3) is 5.83. The molecular formula is C21H25N3O4. The molecule has 1 atom stereocenters. The number of aliphatic hydroxyl groups excluding tert-OH is 1. The Hall–Kier alpha value is -2.84. The molecule has 1 aliphatic rings. The maximum absolute atomic E-state index is 12.4. The van der Waals surface area contributed by atoms with Crippen LogP contribution in [-0.2, 0) is 4.79 Å². The molecule has 0 unspecified atom stereocenters. The number of carbonyl (C=O) groups is 2. The minimum absolute atomic E-state index is 0.220. The highest BCUT2D eigenvalue weighted by atomic mass is 16.5. The third-order valence-electron chi connectivity index (χ3n) is 4.58. The van der Waals surface area contributed by atoms with Gasteiger partial charge in [0.2, 0.25) is 0 Å². The van der Waals surface area contributed by atoms with Crippen LogP contribution >= 0.6 is 0 Å². The van der Waals surface area contributed by atoms with Crippen LogP contribution in [0.5, 0.6) is 0 Å². The lowest BCUT2D eigenvalue weighted by Crippen LogP contribution is -2.61. The minimum atomic E-state index is -1.10. The van der Waals surface area contributed by atoms with Crippen LogP contribution in [0, 0.1) is 35.5 Å². The van der Waals surface area contributed by atoms with Crippen molar-refractivity contribution in [1.82, 2.24) is 10.8 Å². The van der Waals surface area contributed by atoms with Gasteiger partial charge in [-0.05, 0) is 68.7 Å². The average molecular weight is 383 g/mol. The van der Waals surface area contributed by atoms with Gasteiger partial charge >= 0.3 is 0 Å². The molecule has 0 aromatic heterocycles. The summed E-state index contributed by atoms with van der Waals surface area (Å²) >= 11 is 0. The zero-order valence-electron chi connectivity index (χ0n) is 16.0. The molecule has 28 heavy (non-hydrogen) atoms. The number of carbonyl (C=O) groups excluding carboxylic acids is 2. The fraction of sp³-hybridized carbons (Fsp3) is 0.429. The number of nitrogens with two attached hydrogens (primary N) is 1. The number of hydrogen-bond acceptors (Lipinski definition) is 5. The van der Waals surface area contributed by atoms with Gasteiger partial charge in [0.05, 0.1) is 0 Å². The van der Waals surface area contributed by atoms with Crippen LogP contribution in [0.1, 0.15) is 42.6 Å². The summed E-state index contributed by atoms with van der Waals surface area (Å²) in [6, 6.07) is 5.44. The van der Waals surface area contributed by atoms with Gasteiger partial charge in [-0.15, -0.1) is 0 Å². The van der Waals surface area contributed by atoms with Gasteiger partial charge in [0.15, 0.2) is 0 Å². The predicted molar refractivity (Wildman–Crippen MR) is 104 cm³/mol. The van der Waals surface area contributed by atoms with Crippen LogP contribution in [0.3, 0.4) is 0 Å². The van der Waals surface area contributed by atoms with E-state index in [-0.39, 0.29) is 6.61 Å². The Kier molecular flexibility index (Phi) is 7.19. The first-order valence-corrected chi connectivity index (χ1v) is 9.00. The molecule has 1 aromatic carbocycles. The van der Waals surface area contributed by atoms with Gasteiger partial charge in [0.25, 0.3) is 11.8 Å². The van der Waals surface area contributed by atoms with Crippen molar-refractivity contribution in [2.24, 2.45) is 17.6 Å². The van der Waals surface area contributed by atoms with E-state index in [1.54, 1.807) is 38.1 Å². The molecule has 2 rings (SSSR count). The van der Waals surface area contributed by atoms with Crippen LogP contribution in [0.4, 0.5) is 0 Å². The van der Waals surface area contributed by atoms with Gasteiger partial charge in [-0.3, -0.25) is 14.8 Å². The molecule has 2 amide bonds. The number of amides is 2. The summed E-state index contributed by atoms with van der Waals surface area (Å²) in [6.07, 6.45) is 1.84. The number of hydrogen-bond donors (Lipinski definition) is 5. The van der Waals surface area contributed by atoms with Crippen molar-refractivity contribution in [1.29, 1.82) is 0 Å². The maximum atomic E-state index is 12.4. The zero-order chi connectivity index (χ0) is 20.7. The van der Waals surface area contributed by atoms with Gasteiger partial charge in [0.1, 0.15) is 6.04 Å². The first-order chi connectivity index (χ1) is 13.2. The van der Waals surface area contributed by atoms with E-state index in [1.165, 1.54) is 5.48 Å². The Bertz CT molecular complexity index is 829. The number of nitrogens with one attached hydrogen (secondary N) is 2. The number of rotatable bonds is 5. The second-order valence-corrected chi connectivity index (χ2v) is 7.52. The molecule has 7 nitrogen and oxygen atoms in total. The largest absolute Gasteiger partial charge is 0.396 e. The summed E-state index contributed by atoms with van der Waals surface area (Å²) in [5, 5.41) is 20.3. The maximum Gasteiger partial charge on any atom is 0.267 e. The van der Waals surface area contributed by atoms with Crippen LogP contribution < -0.4 is 16.5 Å². The van der Waals surface area contributed by atoms with E-state index in [0.29, 0.717) is 23.0 Å². The molecule has 0 heterocycles. The topological polar surface area (TPSA) is 125 Å². The number of aliphatic hydroxyl groups is 1. The van der Waals surface area contributed by atoms with E-state index in [0.717, 1.165) is 12.8 Å². The second-order valence-electron chi connectivity index (χ2n) is 7.52. The molecule has 1 saturated carbocycles. The first-order valence-electron chi connectivity index (χ1n) is 9.00. The molecule has 7 heteroatoms. The Morgan fingerprint density at radius 1 is 1.25 bits per heavy atom. The van der Waals surface area contributed by atoms with Crippen molar-refractivity contribution in [2.45, 2.75) is 38.3 Å². The van der Waals surface area contributed by atoms with E-state index >= 15 is 0 Å². The molecule has 148 valence electrons. The Morgan fingerprint density at radius 3 is 2.43 bits per heavy atom. The fourth-order valence-corrected chi connectivity index (χ4v) is 2.82. The molecule has 0 bridgehead atoms. The van der Waals surface area contributed by atoms with Crippen molar-refractivity contribution in [3.05, 3.63) is 35.4 Å². The van der Waals surface area contributed by atoms with Crippen molar-refractivity contribution >= 4 is 11.8 Å². The lowest BCUT2D eigenvalue weighted by Gasteiger charge is -2.29. The normalized spacial score (nSPS) is 19.0. The molecule has 0 radical (unpaired) electrons. The Labute approximate surface area is 164 Å². The summed E-state index contributed by atoms with van der Waals surface area (Å²) in [5.74, 6) is 11.0. The van der Waals surface area contributed by atoms with Crippen molar-refractivity contribution in [3.8, 4) is 23.7 Å². The van der Waals surface area contributed by atoms with E-state index in [9.17, 15) is 9.59 Å². The molecular weight excluding hydrogens is 358 g/mol. The Morgan fingerprint density at radius 2 is 1.89 bits per heavy atom. The molecule has 1 aliphatic carbocycles. The van der Waals surface area contributed by atoms with Gasteiger partial charge in [-0.25, -0.2) is 5.48 Å². The number of benzene rings is 1. The van der Waals surface area contributed by atoms with Crippen molar-refractivity contribution in [2.75, 3.05) is 6.61 Å². The van der Waals surface area contributed by atoms with Crippen LogP contribution in [0.25, 0.3) is 0 Å². The minimum Gasteiger partial charge on any atom is -0.396 e. The van der Waals surface area contributed by atoms with Gasteiger partial charge in [0, 0.05) is 29.2 Å². The van der Waals surface area contributed by atoms with Gasteiger partial charge < -0.3 is 16.2 Å². The second kappa shape index (κ2) is 9.38. The first kappa shape index (κ1) is 21.5.